The van der Waals surface area contributed by atoms with E-state index in [2.05, 4.69) is 0 Å². The summed E-state index contributed by atoms with van der Waals surface area (Å²) in [4.78, 5) is 0. The van der Waals surface area contributed by atoms with Gasteiger partial charge in [-0.2, -0.15) is 0 Å². The van der Waals surface area contributed by atoms with E-state index < -0.39 is 0 Å². The number of nitrogen functional groups attached to an aromatic ring is 1. The quantitative estimate of drug-likeness (QED) is 0.493. The number of nitrogens with two attached hydrogens (primary N) is 1. The van der Waals surface area contributed by atoms with Gasteiger partial charge in [-0.05, 0) is 23.6 Å². The Morgan fingerprint density at radius 2 is 1.64 bits per heavy atom. The molecule has 0 amide bonds. The van der Waals surface area contributed by atoms with E-state index in [1.807, 2.05) is 40.7 Å². The van der Waals surface area contributed by atoms with Crippen LogP contribution in [0.15, 0.2) is 18.2 Å². The normalized spacial score (nSPS) is 10.4. The lowest BCUT2D eigenvalue weighted by atomic mass is 9.86. The van der Waals surface area contributed by atoms with Crippen molar-refractivity contribution in [2.45, 2.75) is 40.0 Å². The number of anilines is 1. The molecule has 2 heteroatoms. The van der Waals surface area contributed by atoms with Crippen LogP contribution in [0, 0.1) is 0 Å². The molecule has 0 fully saturated rings. The molecular formula is C12H21NO. The Morgan fingerprint density at radius 1 is 1.14 bits per heavy atom. The van der Waals surface area contributed by atoms with Gasteiger partial charge in [-0.1, -0.05) is 34.6 Å². The second-order valence-corrected chi connectivity index (χ2v) is 4.03. The maximum atomic E-state index is 9.52. The van der Waals surface area contributed by atoms with Crippen LogP contribution in [-0.2, 0) is 5.41 Å². The standard InChI is InChI=1S/C10H15NO.C2H6/c1-10(2,3)8-6-7(11)4-5-9(8)12;1-2/h4-6,12H,11H2,1-3H3;1-2H3. The van der Waals surface area contributed by atoms with E-state index in [1.54, 1.807) is 12.1 Å². The van der Waals surface area contributed by atoms with Crippen molar-refractivity contribution in [3.05, 3.63) is 23.8 Å². The third-order valence-electron chi connectivity index (χ3n) is 1.83. The number of rotatable bonds is 0. The fourth-order valence-corrected chi connectivity index (χ4v) is 1.15. The molecule has 2 nitrogen and oxygen atoms in total. The predicted octanol–water partition coefficient (Wildman–Crippen LogP) is 3.30. The Bertz CT molecular complexity index is 287. The Hall–Kier alpha value is -1.18. The van der Waals surface area contributed by atoms with Crippen molar-refractivity contribution in [3.8, 4) is 5.75 Å². The molecule has 0 unspecified atom stereocenters. The summed E-state index contributed by atoms with van der Waals surface area (Å²) in [5, 5.41) is 9.52. The SMILES string of the molecule is CC.CC(C)(C)c1cc(N)ccc1O. The predicted molar refractivity (Wildman–Crippen MR) is 62.6 cm³/mol. The summed E-state index contributed by atoms with van der Waals surface area (Å²) in [5.41, 5.74) is 7.14. The molecule has 0 bridgehead atoms. The molecule has 0 aliphatic rings. The molecule has 0 saturated carbocycles. The fourth-order valence-electron chi connectivity index (χ4n) is 1.15. The minimum absolute atomic E-state index is 0.0561. The van der Waals surface area contributed by atoms with E-state index in [4.69, 9.17) is 5.73 Å². The van der Waals surface area contributed by atoms with Gasteiger partial charge in [0.05, 0.1) is 0 Å². The Balaban J connectivity index is 0.000000791. The van der Waals surface area contributed by atoms with Gasteiger partial charge in [0, 0.05) is 11.3 Å². The van der Waals surface area contributed by atoms with Crippen molar-refractivity contribution in [1.29, 1.82) is 0 Å². The summed E-state index contributed by atoms with van der Waals surface area (Å²) in [7, 11) is 0. The monoisotopic (exact) mass is 195 g/mol. The first-order valence-corrected chi connectivity index (χ1v) is 5.00. The Morgan fingerprint density at radius 3 is 2.00 bits per heavy atom. The van der Waals surface area contributed by atoms with Crippen molar-refractivity contribution in [2.24, 2.45) is 0 Å². The average Bonchev–Trinajstić information content (AvgIpc) is 2.11. The molecule has 0 atom stereocenters. The van der Waals surface area contributed by atoms with Crippen molar-refractivity contribution in [1.82, 2.24) is 0 Å². The maximum absolute atomic E-state index is 9.52. The summed E-state index contributed by atoms with van der Waals surface area (Å²) in [6, 6.07) is 5.15. The van der Waals surface area contributed by atoms with Crippen LogP contribution in [0.3, 0.4) is 0 Å². The van der Waals surface area contributed by atoms with Gasteiger partial charge in [-0.25, -0.2) is 0 Å². The molecule has 80 valence electrons. The van der Waals surface area contributed by atoms with Crippen LogP contribution in [0.1, 0.15) is 40.2 Å². The Kier molecular flexibility index (Phi) is 4.48. The number of aromatic hydroxyl groups is 1. The number of hydrogen-bond acceptors (Lipinski definition) is 2. The molecule has 1 aromatic rings. The minimum atomic E-state index is -0.0561. The lowest BCUT2D eigenvalue weighted by Gasteiger charge is -2.20. The van der Waals surface area contributed by atoms with Crippen LogP contribution in [-0.4, -0.2) is 5.11 Å². The summed E-state index contributed by atoms with van der Waals surface area (Å²) >= 11 is 0. The summed E-state index contributed by atoms with van der Waals surface area (Å²) in [6.45, 7) is 10.1. The molecule has 0 aliphatic heterocycles. The molecule has 14 heavy (non-hydrogen) atoms. The molecular weight excluding hydrogens is 174 g/mol. The van der Waals surface area contributed by atoms with Gasteiger partial charge in [-0.3, -0.25) is 0 Å². The molecule has 0 radical (unpaired) electrons. The molecule has 0 aliphatic carbocycles. The van der Waals surface area contributed by atoms with E-state index in [9.17, 15) is 5.11 Å². The number of hydrogen-bond donors (Lipinski definition) is 2. The van der Waals surface area contributed by atoms with Crippen molar-refractivity contribution in [3.63, 3.8) is 0 Å². The minimum Gasteiger partial charge on any atom is -0.508 e. The smallest absolute Gasteiger partial charge is 0.119 e. The first-order chi connectivity index (χ1) is 6.41. The summed E-state index contributed by atoms with van der Waals surface area (Å²) in [5.74, 6) is 0.316. The van der Waals surface area contributed by atoms with Gasteiger partial charge < -0.3 is 10.8 Å². The van der Waals surface area contributed by atoms with Crippen molar-refractivity contribution < 1.29 is 5.11 Å². The molecule has 1 aromatic carbocycles. The third kappa shape index (κ3) is 3.29. The van der Waals surface area contributed by atoms with Crippen LogP contribution in [0.25, 0.3) is 0 Å². The van der Waals surface area contributed by atoms with Crippen LogP contribution >= 0.6 is 0 Å². The molecule has 0 aromatic heterocycles. The molecule has 0 heterocycles. The molecule has 0 spiro atoms. The van der Waals surface area contributed by atoms with Gasteiger partial charge >= 0.3 is 0 Å². The van der Waals surface area contributed by atoms with E-state index in [-0.39, 0.29) is 5.41 Å². The van der Waals surface area contributed by atoms with E-state index in [0.29, 0.717) is 11.4 Å². The lowest BCUT2D eigenvalue weighted by molar-refractivity contribution is 0.447. The van der Waals surface area contributed by atoms with E-state index in [0.717, 1.165) is 5.56 Å². The number of phenols is 1. The average molecular weight is 195 g/mol. The second kappa shape index (κ2) is 4.89. The van der Waals surface area contributed by atoms with Crippen LogP contribution < -0.4 is 5.73 Å². The highest BCUT2D eigenvalue weighted by Gasteiger charge is 2.17. The maximum Gasteiger partial charge on any atom is 0.119 e. The van der Waals surface area contributed by atoms with Crippen molar-refractivity contribution >= 4 is 5.69 Å². The van der Waals surface area contributed by atoms with Crippen molar-refractivity contribution in [2.75, 3.05) is 5.73 Å². The van der Waals surface area contributed by atoms with E-state index >= 15 is 0 Å². The topological polar surface area (TPSA) is 46.2 Å². The highest BCUT2D eigenvalue weighted by molar-refractivity contribution is 5.49. The third-order valence-corrected chi connectivity index (χ3v) is 1.83. The molecule has 3 N–H and O–H groups in total. The highest BCUT2D eigenvalue weighted by atomic mass is 16.3. The zero-order valence-electron chi connectivity index (χ0n) is 9.76. The van der Waals surface area contributed by atoms with Gasteiger partial charge in [0.15, 0.2) is 0 Å². The second-order valence-electron chi connectivity index (χ2n) is 4.03. The van der Waals surface area contributed by atoms with Gasteiger partial charge in [-0.15, -0.1) is 0 Å². The van der Waals surface area contributed by atoms with Crippen LogP contribution in [0.2, 0.25) is 0 Å². The first kappa shape index (κ1) is 12.8. The lowest BCUT2D eigenvalue weighted by Crippen LogP contribution is -2.11. The first-order valence-electron chi connectivity index (χ1n) is 5.00. The zero-order valence-corrected chi connectivity index (χ0v) is 9.76. The number of benzene rings is 1. The largest absolute Gasteiger partial charge is 0.508 e. The zero-order chi connectivity index (χ0) is 11.4. The highest BCUT2D eigenvalue weighted by Crippen LogP contribution is 2.31. The Labute approximate surface area is 86.8 Å². The fraction of sp³-hybridized carbons (Fsp3) is 0.500. The van der Waals surface area contributed by atoms with Crippen LogP contribution in [0.4, 0.5) is 5.69 Å². The van der Waals surface area contributed by atoms with Gasteiger partial charge in [0.2, 0.25) is 0 Å². The molecule has 1 rings (SSSR count). The van der Waals surface area contributed by atoms with Gasteiger partial charge in [0.1, 0.15) is 5.75 Å². The van der Waals surface area contributed by atoms with Crippen LogP contribution in [0.5, 0.6) is 5.75 Å². The van der Waals surface area contributed by atoms with Gasteiger partial charge in [0.25, 0.3) is 0 Å². The number of phenolic OH excluding ortho intramolecular Hbond substituents is 1. The summed E-state index contributed by atoms with van der Waals surface area (Å²) < 4.78 is 0. The summed E-state index contributed by atoms with van der Waals surface area (Å²) in [6.07, 6.45) is 0. The molecule has 0 saturated heterocycles. The van der Waals surface area contributed by atoms with E-state index in [1.165, 1.54) is 0 Å².